The fraction of sp³-hybridized carbons (Fsp3) is 0.769. The van der Waals surface area contributed by atoms with Gasteiger partial charge >= 0.3 is 0 Å². The van der Waals surface area contributed by atoms with Crippen LogP contribution in [0.4, 0.5) is 0 Å². The van der Waals surface area contributed by atoms with Crippen LogP contribution in [0.3, 0.4) is 0 Å². The van der Waals surface area contributed by atoms with E-state index in [1.165, 1.54) is 32.1 Å². The Bertz CT molecular complexity index is 255. The molecule has 3 heteroatoms. The van der Waals surface area contributed by atoms with Crippen LogP contribution in [0.1, 0.15) is 39.0 Å². The lowest BCUT2D eigenvalue weighted by atomic mass is 9.98. The van der Waals surface area contributed by atoms with E-state index in [1.807, 2.05) is 0 Å². The van der Waals surface area contributed by atoms with Crippen LogP contribution >= 0.6 is 0 Å². The van der Waals surface area contributed by atoms with Gasteiger partial charge in [0.25, 0.3) is 0 Å². The first-order chi connectivity index (χ1) is 7.77. The Morgan fingerprint density at radius 3 is 3.06 bits per heavy atom. The van der Waals surface area contributed by atoms with Crippen molar-refractivity contribution in [2.24, 2.45) is 0 Å². The van der Waals surface area contributed by atoms with E-state index in [0.717, 1.165) is 6.54 Å². The molecule has 1 aliphatic heterocycles. The van der Waals surface area contributed by atoms with Crippen molar-refractivity contribution in [3.63, 3.8) is 0 Å². The zero-order chi connectivity index (χ0) is 11.8. The number of hydrogen-bond acceptors (Lipinski definition) is 2. The molecular formula is C13H22N2O. The second-order valence-corrected chi connectivity index (χ2v) is 4.39. The van der Waals surface area contributed by atoms with Gasteiger partial charge in [0.2, 0.25) is 5.91 Å². The van der Waals surface area contributed by atoms with Gasteiger partial charge in [0, 0.05) is 6.04 Å². The highest BCUT2D eigenvalue weighted by atomic mass is 16.2. The minimum absolute atomic E-state index is 0.0564. The SMILES string of the molecule is C#CCNC(=O)CN1CCCCC1CCC. The number of carbonyl (C=O) groups excluding carboxylic acids is 1. The van der Waals surface area contributed by atoms with Crippen molar-refractivity contribution >= 4 is 5.91 Å². The van der Waals surface area contributed by atoms with Crippen molar-refractivity contribution in [3.8, 4) is 12.3 Å². The van der Waals surface area contributed by atoms with Crippen LogP contribution in [0.2, 0.25) is 0 Å². The molecule has 0 bridgehead atoms. The first-order valence-electron chi connectivity index (χ1n) is 6.22. The Labute approximate surface area is 98.6 Å². The number of rotatable bonds is 5. The molecule has 90 valence electrons. The first-order valence-corrected chi connectivity index (χ1v) is 6.22. The van der Waals surface area contributed by atoms with E-state index in [2.05, 4.69) is 23.1 Å². The summed E-state index contributed by atoms with van der Waals surface area (Å²) in [5, 5.41) is 2.73. The smallest absolute Gasteiger partial charge is 0.234 e. The highest BCUT2D eigenvalue weighted by Gasteiger charge is 2.22. The number of hydrogen-bond donors (Lipinski definition) is 1. The summed E-state index contributed by atoms with van der Waals surface area (Å²) in [6.45, 7) is 4.09. The van der Waals surface area contributed by atoms with Gasteiger partial charge < -0.3 is 5.32 Å². The zero-order valence-corrected chi connectivity index (χ0v) is 10.2. The summed E-state index contributed by atoms with van der Waals surface area (Å²) in [4.78, 5) is 13.9. The predicted octanol–water partition coefficient (Wildman–Crippen LogP) is 1.39. The first kappa shape index (κ1) is 13.1. The van der Waals surface area contributed by atoms with E-state index in [-0.39, 0.29) is 5.91 Å². The monoisotopic (exact) mass is 222 g/mol. The van der Waals surface area contributed by atoms with Gasteiger partial charge in [-0.1, -0.05) is 25.7 Å². The standard InChI is InChI=1S/C13H22N2O/c1-3-7-12-8-5-6-10-15(12)11-13(16)14-9-4-2/h2,12H,3,5-11H2,1H3,(H,14,16). The maximum Gasteiger partial charge on any atom is 0.234 e. The molecule has 0 saturated carbocycles. The summed E-state index contributed by atoms with van der Waals surface area (Å²) >= 11 is 0. The molecule has 1 aliphatic rings. The maximum atomic E-state index is 11.6. The van der Waals surface area contributed by atoms with Crippen molar-refractivity contribution in [1.29, 1.82) is 0 Å². The molecule has 1 amide bonds. The van der Waals surface area contributed by atoms with E-state index >= 15 is 0 Å². The minimum Gasteiger partial charge on any atom is -0.344 e. The summed E-state index contributed by atoms with van der Waals surface area (Å²) in [6.07, 6.45) is 11.2. The van der Waals surface area contributed by atoms with Crippen molar-refractivity contribution in [1.82, 2.24) is 10.2 Å². The van der Waals surface area contributed by atoms with Crippen molar-refractivity contribution < 1.29 is 4.79 Å². The molecule has 16 heavy (non-hydrogen) atoms. The molecule has 0 aliphatic carbocycles. The number of nitrogens with one attached hydrogen (secondary N) is 1. The van der Waals surface area contributed by atoms with Gasteiger partial charge in [0.1, 0.15) is 0 Å². The molecule has 0 radical (unpaired) electrons. The highest BCUT2D eigenvalue weighted by molar-refractivity contribution is 5.78. The maximum absolute atomic E-state index is 11.6. The molecule has 1 fully saturated rings. The van der Waals surface area contributed by atoms with Gasteiger partial charge in [-0.05, 0) is 25.8 Å². The molecule has 1 unspecified atom stereocenters. The lowest BCUT2D eigenvalue weighted by Crippen LogP contribution is -2.45. The lowest BCUT2D eigenvalue weighted by Gasteiger charge is -2.35. The van der Waals surface area contributed by atoms with Crippen LogP contribution in [0, 0.1) is 12.3 Å². The quantitative estimate of drug-likeness (QED) is 0.713. The molecule has 1 atom stereocenters. The van der Waals surface area contributed by atoms with E-state index < -0.39 is 0 Å². The van der Waals surface area contributed by atoms with E-state index in [9.17, 15) is 4.79 Å². The van der Waals surface area contributed by atoms with Crippen molar-refractivity contribution in [3.05, 3.63) is 0 Å². The van der Waals surface area contributed by atoms with Gasteiger partial charge in [-0.3, -0.25) is 9.69 Å². The van der Waals surface area contributed by atoms with Crippen LogP contribution in [0.15, 0.2) is 0 Å². The van der Waals surface area contributed by atoms with Gasteiger partial charge in [0.05, 0.1) is 13.1 Å². The summed E-state index contributed by atoms with van der Waals surface area (Å²) < 4.78 is 0. The van der Waals surface area contributed by atoms with Crippen LogP contribution in [-0.2, 0) is 4.79 Å². The average molecular weight is 222 g/mol. The summed E-state index contributed by atoms with van der Waals surface area (Å²) in [7, 11) is 0. The number of terminal acetylenes is 1. The Morgan fingerprint density at radius 1 is 1.56 bits per heavy atom. The molecular weight excluding hydrogens is 200 g/mol. The van der Waals surface area contributed by atoms with E-state index in [0.29, 0.717) is 19.1 Å². The third-order valence-corrected chi connectivity index (χ3v) is 3.11. The largest absolute Gasteiger partial charge is 0.344 e. The summed E-state index contributed by atoms with van der Waals surface area (Å²) in [6, 6.07) is 0.593. The molecule has 1 heterocycles. The second-order valence-electron chi connectivity index (χ2n) is 4.39. The number of likely N-dealkylation sites (tertiary alicyclic amines) is 1. The van der Waals surface area contributed by atoms with Crippen molar-refractivity contribution in [2.75, 3.05) is 19.6 Å². The Hall–Kier alpha value is -1.01. The topological polar surface area (TPSA) is 32.3 Å². The van der Waals surface area contributed by atoms with Gasteiger partial charge in [-0.2, -0.15) is 0 Å². The minimum atomic E-state index is 0.0564. The van der Waals surface area contributed by atoms with Crippen LogP contribution < -0.4 is 5.32 Å². The predicted molar refractivity (Wildman–Crippen MR) is 66.0 cm³/mol. The number of amides is 1. The third-order valence-electron chi connectivity index (χ3n) is 3.11. The normalized spacial score (nSPS) is 21.4. The molecule has 1 N–H and O–H groups in total. The van der Waals surface area contributed by atoms with E-state index in [1.54, 1.807) is 0 Å². The zero-order valence-electron chi connectivity index (χ0n) is 10.2. The van der Waals surface area contributed by atoms with Crippen LogP contribution in [0.25, 0.3) is 0 Å². The highest BCUT2D eigenvalue weighted by Crippen LogP contribution is 2.20. The van der Waals surface area contributed by atoms with Crippen molar-refractivity contribution in [2.45, 2.75) is 45.1 Å². The summed E-state index contributed by atoms with van der Waals surface area (Å²) in [5.41, 5.74) is 0. The van der Waals surface area contributed by atoms with Gasteiger partial charge in [0.15, 0.2) is 0 Å². The lowest BCUT2D eigenvalue weighted by molar-refractivity contribution is -0.122. The van der Waals surface area contributed by atoms with Crippen LogP contribution in [0.5, 0.6) is 0 Å². The fourth-order valence-electron chi connectivity index (χ4n) is 2.32. The number of nitrogens with zero attached hydrogens (tertiary/aromatic N) is 1. The van der Waals surface area contributed by atoms with Gasteiger partial charge in [-0.15, -0.1) is 6.42 Å². The molecule has 0 spiro atoms. The molecule has 0 aromatic rings. The molecule has 0 aromatic heterocycles. The molecule has 1 rings (SSSR count). The molecule has 3 nitrogen and oxygen atoms in total. The molecule has 0 aromatic carbocycles. The Kier molecular flexibility index (Phi) is 5.95. The Morgan fingerprint density at radius 2 is 2.38 bits per heavy atom. The fourth-order valence-corrected chi connectivity index (χ4v) is 2.32. The molecule has 1 saturated heterocycles. The summed E-state index contributed by atoms with van der Waals surface area (Å²) in [5.74, 6) is 2.48. The van der Waals surface area contributed by atoms with Crippen LogP contribution in [-0.4, -0.2) is 36.5 Å². The number of carbonyl (C=O) groups is 1. The number of piperidine rings is 1. The van der Waals surface area contributed by atoms with E-state index in [4.69, 9.17) is 6.42 Å². The average Bonchev–Trinajstić information content (AvgIpc) is 2.29. The Balaban J connectivity index is 2.37. The third kappa shape index (κ3) is 4.24. The second kappa shape index (κ2) is 7.29. The van der Waals surface area contributed by atoms with Gasteiger partial charge in [-0.25, -0.2) is 0 Å².